The number of nitrogens with one attached hydrogen (secondary N) is 1. The maximum atomic E-state index is 12.3. The number of fused-ring (bicyclic) bond motifs is 1. The number of carbonyl (C=O) groups excluding carboxylic acids is 1. The van der Waals surface area contributed by atoms with Crippen molar-refractivity contribution in [2.24, 2.45) is 5.16 Å². The third-order valence-electron chi connectivity index (χ3n) is 3.75. The molecule has 134 valence electrons. The normalized spacial score (nSPS) is 16.6. The zero-order chi connectivity index (χ0) is 18.8. The van der Waals surface area contributed by atoms with E-state index in [-0.39, 0.29) is 34.3 Å². The van der Waals surface area contributed by atoms with Crippen molar-refractivity contribution in [3.05, 3.63) is 40.4 Å². The van der Waals surface area contributed by atoms with Gasteiger partial charge < -0.3 is 31.0 Å². The standard InChI is InChI=1S/C14H13BN4O6S/c16-14-17-8(5-26-14)10(19-24)12(20)18-9-4-6-2-1-3-7(13(21)22)11(6)25-15(9)23/h1-3,5,9,23-24H,4H2,(H2,16,17)(H,18,20)(H,21,22)/b19-10+/t9-/m0/s1. The molecule has 26 heavy (non-hydrogen) atoms. The van der Waals surface area contributed by atoms with Crippen LogP contribution in [0.5, 0.6) is 5.75 Å². The molecule has 6 N–H and O–H groups in total. The fraction of sp³-hybridized carbons (Fsp3) is 0.143. The van der Waals surface area contributed by atoms with Crippen molar-refractivity contribution in [1.82, 2.24) is 10.3 Å². The highest BCUT2D eigenvalue weighted by Gasteiger charge is 2.38. The number of amides is 1. The molecule has 0 fully saturated rings. The second kappa shape index (κ2) is 7.02. The lowest BCUT2D eigenvalue weighted by molar-refractivity contribution is -0.115. The van der Waals surface area contributed by atoms with E-state index in [0.717, 1.165) is 11.3 Å². The van der Waals surface area contributed by atoms with Crippen molar-refractivity contribution in [2.75, 3.05) is 5.73 Å². The van der Waals surface area contributed by atoms with Gasteiger partial charge in [-0.3, -0.25) is 4.79 Å². The van der Waals surface area contributed by atoms with Crippen molar-refractivity contribution in [3.8, 4) is 5.75 Å². The van der Waals surface area contributed by atoms with Crippen molar-refractivity contribution in [2.45, 2.75) is 12.4 Å². The van der Waals surface area contributed by atoms with Gasteiger partial charge in [-0.2, -0.15) is 0 Å². The summed E-state index contributed by atoms with van der Waals surface area (Å²) in [7, 11) is -1.48. The first kappa shape index (κ1) is 17.7. The van der Waals surface area contributed by atoms with Crippen LogP contribution >= 0.6 is 11.3 Å². The van der Waals surface area contributed by atoms with E-state index >= 15 is 0 Å². The van der Waals surface area contributed by atoms with Crippen LogP contribution in [0.3, 0.4) is 0 Å². The van der Waals surface area contributed by atoms with E-state index in [4.69, 9.17) is 15.6 Å². The van der Waals surface area contributed by atoms with Crippen LogP contribution in [0, 0.1) is 0 Å². The first-order chi connectivity index (χ1) is 12.4. The molecule has 0 aliphatic carbocycles. The molecule has 0 radical (unpaired) electrons. The zero-order valence-electron chi connectivity index (χ0n) is 13.1. The van der Waals surface area contributed by atoms with Crippen LogP contribution in [0.1, 0.15) is 21.6 Å². The van der Waals surface area contributed by atoms with Gasteiger partial charge in [0.25, 0.3) is 5.91 Å². The van der Waals surface area contributed by atoms with Crippen molar-refractivity contribution >= 4 is 41.2 Å². The highest BCUT2D eigenvalue weighted by Crippen LogP contribution is 2.30. The van der Waals surface area contributed by atoms with E-state index < -0.39 is 24.9 Å². The summed E-state index contributed by atoms with van der Waals surface area (Å²) >= 11 is 1.07. The van der Waals surface area contributed by atoms with Crippen LogP contribution in [0.15, 0.2) is 28.7 Å². The number of para-hydroxylation sites is 1. The number of carboxylic acids is 1. The fourth-order valence-electron chi connectivity index (χ4n) is 2.56. The van der Waals surface area contributed by atoms with Crippen molar-refractivity contribution in [1.29, 1.82) is 0 Å². The number of hydrogen-bond donors (Lipinski definition) is 5. The predicted molar refractivity (Wildman–Crippen MR) is 92.5 cm³/mol. The molecule has 1 atom stereocenters. The van der Waals surface area contributed by atoms with E-state index in [9.17, 15) is 19.7 Å². The minimum absolute atomic E-state index is 0.0568. The topological polar surface area (TPSA) is 167 Å². The number of aromatic nitrogens is 1. The van der Waals surface area contributed by atoms with Gasteiger partial charge in [0.15, 0.2) is 10.8 Å². The summed E-state index contributed by atoms with van der Waals surface area (Å²) in [6.07, 6.45) is 0.126. The van der Waals surface area contributed by atoms with Gasteiger partial charge in [0.05, 0.1) is 11.5 Å². The molecule has 1 aromatic heterocycles. The number of nitrogens with zero attached hydrogens (tertiary/aromatic N) is 2. The summed E-state index contributed by atoms with van der Waals surface area (Å²) in [6.45, 7) is 0. The lowest BCUT2D eigenvalue weighted by atomic mass is 9.72. The summed E-state index contributed by atoms with van der Waals surface area (Å²) in [6, 6.07) is 4.53. The van der Waals surface area contributed by atoms with Crippen LogP contribution in [0.25, 0.3) is 0 Å². The molecule has 12 heteroatoms. The fourth-order valence-corrected chi connectivity index (χ4v) is 3.11. The van der Waals surface area contributed by atoms with Crippen molar-refractivity contribution in [3.63, 3.8) is 0 Å². The lowest BCUT2D eigenvalue weighted by Crippen LogP contribution is -2.54. The molecule has 10 nitrogen and oxygen atoms in total. The molecule has 0 unspecified atom stereocenters. The molecule has 1 amide bonds. The minimum atomic E-state index is -1.48. The minimum Gasteiger partial charge on any atom is -0.534 e. The molecule has 0 saturated carbocycles. The second-order valence-electron chi connectivity index (χ2n) is 5.41. The number of rotatable bonds is 4. The van der Waals surface area contributed by atoms with E-state index in [1.165, 1.54) is 11.4 Å². The molecule has 1 aliphatic rings. The average molecular weight is 376 g/mol. The smallest absolute Gasteiger partial charge is 0.534 e. The SMILES string of the molecule is Nc1nc(/C(=N\O)C(=O)N[C@H]2Cc3cccc(C(=O)O)c3OB2O)cs1. The van der Waals surface area contributed by atoms with Crippen LogP contribution in [0.4, 0.5) is 5.13 Å². The number of hydrogen-bond acceptors (Lipinski definition) is 9. The van der Waals surface area contributed by atoms with Gasteiger partial charge in [-0.1, -0.05) is 17.3 Å². The van der Waals surface area contributed by atoms with E-state index in [1.807, 2.05) is 0 Å². The van der Waals surface area contributed by atoms with Gasteiger partial charge in [-0.05, 0) is 18.1 Å². The molecule has 1 aromatic carbocycles. The quantitative estimate of drug-likeness (QED) is 0.211. The zero-order valence-corrected chi connectivity index (χ0v) is 13.9. The molecule has 1 aliphatic heterocycles. The largest absolute Gasteiger partial charge is 0.547 e. The summed E-state index contributed by atoms with van der Waals surface area (Å²) in [5.41, 5.74) is 5.66. The van der Waals surface area contributed by atoms with Gasteiger partial charge in [0.2, 0.25) is 0 Å². The Labute approximate surface area is 151 Å². The Bertz CT molecular complexity index is 901. The van der Waals surface area contributed by atoms with Crippen LogP contribution < -0.4 is 15.7 Å². The number of nitrogens with two attached hydrogens (primary N) is 1. The predicted octanol–water partition coefficient (Wildman–Crippen LogP) is -0.259. The summed E-state index contributed by atoms with van der Waals surface area (Å²) in [5.74, 6) is -2.80. The molecular formula is C14H13BN4O6S. The molecule has 0 spiro atoms. The summed E-state index contributed by atoms with van der Waals surface area (Å²) < 4.78 is 5.29. The van der Waals surface area contributed by atoms with E-state index in [2.05, 4.69) is 15.5 Å². The number of aromatic carboxylic acids is 1. The van der Waals surface area contributed by atoms with Gasteiger partial charge >= 0.3 is 13.1 Å². The van der Waals surface area contributed by atoms with Crippen LogP contribution in [-0.2, 0) is 11.2 Å². The maximum absolute atomic E-state index is 12.3. The van der Waals surface area contributed by atoms with Crippen molar-refractivity contribution < 1.29 is 29.6 Å². The highest BCUT2D eigenvalue weighted by molar-refractivity contribution is 7.13. The maximum Gasteiger partial charge on any atom is 0.547 e. The van der Waals surface area contributed by atoms with Crippen LogP contribution in [0.2, 0.25) is 0 Å². The Morgan fingerprint density at radius 1 is 1.46 bits per heavy atom. The highest BCUT2D eigenvalue weighted by atomic mass is 32.1. The number of carbonyl (C=O) groups is 2. The first-order valence-electron chi connectivity index (χ1n) is 7.35. The number of nitrogen functional groups attached to an aromatic ring is 1. The number of oxime groups is 1. The molecule has 0 bridgehead atoms. The Morgan fingerprint density at radius 3 is 2.85 bits per heavy atom. The molecule has 0 saturated heterocycles. The average Bonchev–Trinajstić information content (AvgIpc) is 3.01. The summed E-state index contributed by atoms with van der Waals surface area (Å²) in [5, 5.41) is 35.5. The molecular weight excluding hydrogens is 363 g/mol. The van der Waals surface area contributed by atoms with Gasteiger partial charge in [-0.25, -0.2) is 9.78 Å². The van der Waals surface area contributed by atoms with E-state index in [0.29, 0.717) is 5.56 Å². The van der Waals surface area contributed by atoms with Gasteiger partial charge in [0, 0.05) is 5.38 Å². The molecule has 3 rings (SSSR count). The Balaban J connectivity index is 1.80. The first-order valence-corrected chi connectivity index (χ1v) is 8.23. The summed E-state index contributed by atoms with van der Waals surface area (Å²) in [4.78, 5) is 27.4. The number of carboxylic acid groups (broad SMARTS) is 1. The lowest BCUT2D eigenvalue weighted by Gasteiger charge is -2.28. The van der Waals surface area contributed by atoms with Crippen LogP contribution in [-0.4, -0.2) is 51.0 Å². The number of anilines is 1. The third-order valence-corrected chi connectivity index (χ3v) is 4.42. The Hall–Kier alpha value is -3.12. The Kier molecular flexibility index (Phi) is 4.78. The Morgan fingerprint density at radius 2 is 2.23 bits per heavy atom. The molecule has 2 aromatic rings. The molecule has 2 heterocycles. The number of benzene rings is 1. The number of thiazole rings is 1. The monoisotopic (exact) mass is 376 g/mol. The van der Waals surface area contributed by atoms with E-state index in [1.54, 1.807) is 12.1 Å². The second-order valence-corrected chi connectivity index (χ2v) is 6.30. The third kappa shape index (κ3) is 3.32. The van der Waals surface area contributed by atoms with Gasteiger partial charge in [-0.15, -0.1) is 11.3 Å². The van der Waals surface area contributed by atoms with Gasteiger partial charge in [0.1, 0.15) is 11.4 Å².